The van der Waals surface area contributed by atoms with Gasteiger partial charge in [-0.3, -0.25) is 4.79 Å². The zero-order valence-corrected chi connectivity index (χ0v) is 20.2. The van der Waals surface area contributed by atoms with Crippen LogP contribution in [-0.2, 0) is 4.79 Å². The lowest BCUT2D eigenvalue weighted by Crippen LogP contribution is -2.28. The molecule has 0 fully saturated rings. The Hall–Kier alpha value is -3.63. The smallest absolute Gasteiger partial charge is 0.225 e. The summed E-state index contributed by atoms with van der Waals surface area (Å²) in [5, 5.41) is 20.7. The number of aromatic amines is 1. The molecule has 0 radical (unpaired) electrons. The molecule has 1 amide bonds. The Morgan fingerprint density at radius 1 is 0.912 bits per heavy atom. The van der Waals surface area contributed by atoms with Gasteiger partial charge >= 0.3 is 0 Å². The van der Waals surface area contributed by atoms with Gasteiger partial charge < -0.3 is 30.2 Å². The minimum atomic E-state index is -0.0535. The molecule has 3 rings (SSSR count). The van der Waals surface area contributed by atoms with Crippen LogP contribution >= 0.6 is 0 Å². The quantitative estimate of drug-likeness (QED) is 0.299. The minimum absolute atomic E-state index is 0.0535. The average Bonchev–Trinajstić information content (AvgIpc) is 3.34. The molecule has 0 spiro atoms. The van der Waals surface area contributed by atoms with Crippen molar-refractivity contribution in [1.29, 1.82) is 0 Å². The molecule has 0 atom stereocenters. The second-order valence-electron chi connectivity index (χ2n) is 7.62. The molecule has 182 valence electrons. The second kappa shape index (κ2) is 12.0. The maximum Gasteiger partial charge on any atom is 0.225 e. The van der Waals surface area contributed by atoms with Crippen LogP contribution in [0.2, 0.25) is 0 Å². The number of ether oxygens (including phenoxy) is 3. The third-order valence-corrected chi connectivity index (χ3v) is 5.35. The van der Waals surface area contributed by atoms with Crippen molar-refractivity contribution in [3.63, 3.8) is 0 Å². The van der Waals surface area contributed by atoms with Crippen LogP contribution in [0.25, 0.3) is 22.5 Å². The number of hydrogen-bond acceptors (Lipinski definition) is 8. The van der Waals surface area contributed by atoms with E-state index in [1.54, 1.807) is 21.3 Å². The standard InChI is InChI=1S/C24H32N6O4/c1-15-6-7-16(12-18(15)27-21(31)8-9-26-11-10-25-2)22-23(29-30-28-22)17-13-19(32-3)24(34-5)20(14-17)33-4/h6-7,12-14,25-26H,8-11H2,1-5H3,(H,27,31)(H,28,29,30). The average molecular weight is 469 g/mol. The molecule has 2 aromatic carbocycles. The number of anilines is 1. The molecular formula is C24H32N6O4. The third-order valence-electron chi connectivity index (χ3n) is 5.35. The van der Waals surface area contributed by atoms with Crippen molar-refractivity contribution in [2.75, 3.05) is 53.3 Å². The fourth-order valence-corrected chi connectivity index (χ4v) is 3.51. The number of likely N-dealkylation sites (N-methyl/N-ethyl adjacent to an activating group) is 1. The van der Waals surface area contributed by atoms with Crippen molar-refractivity contribution < 1.29 is 19.0 Å². The number of amides is 1. The van der Waals surface area contributed by atoms with Crippen LogP contribution in [0.3, 0.4) is 0 Å². The summed E-state index contributed by atoms with van der Waals surface area (Å²) in [6.07, 6.45) is 0.383. The summed E-state index contributed by atoms with van der Waals surface area (Å²) in [4.78, 5) is 12.4. The van der Waals surface area contributed by atoms with Gasteiger partial charge in [0.2, 0.25) is 11.7 Å². The number of aromatic nitrogens is 3. The predicted molar refractivity (Wildman–Crippen MR) is 132 cm³/mol. The van der Waals surface area contributed by atoms with Crippen molar-refractivity contribution >= 4 is 11.6 Å². The summed E-state index contributed by atoms with van der Waals surface area (Å²) in [6.45, 7) is 4.23. The number of methoxy groups -OCH3 is 3. The lowest BCUT2D eigenvalue weighted by Gasteiger charge is -2.14. The first-order valence-electron chi connectivity index (χ1n) is 11.0. The molecule has 4 N–H and O–H groups in total. The van der Waals surface area contributed by atoms with Crippen molar-refractivity contribution in [2.45, 2.75) is 13.3 Å². The molecular weight excluding hydrogens is 436 g/mol. The van der Waals surface area contributed by atoms with E-state index in [1.807, 2.05) is 44.3 Å². The van der Waals surface area contributed by atoms with Crippen LogP contribution in [0.15, 0.2) is 30.3 Å². The van der Waals surface area contributed by atoms with Gasteiger partial charge in [-0.1, -0.05) is 12.1 Å². The molecule has 1 heterocycles. The molecule has 10 nitrogen and oxygen atoms in total. The number of aryl methyl sites for hydroxylation is 1. The van der Waals surface area contributed by atoms with E-state index in [0.717, 1.165) is 35.5 Å². The molecule has 0 saturated heterocycles. The van der Waals surface area contributed by atoms with E-state index in [9.17, 15) is 4.79 Å². The van der Waals surface area contributed by atoms with E-state index in [1.165, 1.54) is 0 Å². The van der Waals surface area contributed by atoms with Crippen LogP contribution in [0.5, 0.6) is 17.2 Å². The van der Waals surface area contributed by atoms with Gasteiger partial charge in [-0.05, 0) is 37.7 Å². The number of benzene rings is 2. The number of carbonyl (C=O) groups is 1. The highest BCUT2D eigenvalue weighted by molar-refractivity contribution is 5.93. The highest BCUT2D eigenvalue weighted by Crippen LogP contribution is 2.42. The van der Waals surface area contributed by atoms with E-state index in [2.05, 4.69) is 31.4 Å². The van der Waals surface area contributed by atoms with Crippen LogP contribution in [-0.4, -0.2) is 69.3 Å². The number of nitrogens with one attached hydrogen (secondary N) is 4. The zero-order chi connectivity index (χ0) is 24.5. The lowest BCUT2D eigenvalue weighted by atomic mass is 10.0. The van der Waals surface area contributed by atoms with Crippen LogP contribution < -0.4 is 30.2 Å². The summed E-state index contributed by atoms with van der Waals surface area (Å²) in [6, 6.07) is 9.44. The highest BCUT2D eigenvalue weighted by atomic mass is 16.5. The first-order chi connectivity index (χ1) is 16.5. The number of rotatable bonds is 12. The first kappa shape index (κ1) is 25.0. The summed E-state index contributed by atoms with van der Waals surface area (Å²) in [5.74, 6) is 1.48. The predicted octanol–water partition coefficient (Wildman–Crippen LogP) is 2.61. The molecule has 0 aliphatic heterocycles. The van der Waals surface area contributed by atoms with Gasteiger partial charge in [-0.25, -0.2) is 0 Å². The highest BCUT2D eigenvalue weighted by Gasteiger charge is 2.19. The Balaban J connectivity index is 1.86. The van der Waals surface area contributed by atoms with Crippen molar-refractivity contribution in [3.05, 3.63) is 35.9 Å². The van der Waals surface area contributed by atoms with Gasteiger partial charge in [-0.15, -0.1) is 0 Å². The summed E-state index contributed by atoms with van der Waals surface area (Å²) >= 11 is 0. The van der Waals surface area contributed by atoms with E-state index < -0.39 is 0 Å². The van der Waals surface area contributed by atoms with Gasteiger partial charge in [0.15, 0.2) is 11.5 Å². The normalized spacial score (nSPS) is 10.7. The van der Waals surface area contributed by atoms with Crippen LogP contribution in [0.4, 0.5) is 5.69 Å². The zero-order valence-electron chi connectivity index (χ0n) is 20.2. The molecule has 0 bridgehead atoms. The van der Waals surface area contributed by atoms with Gasteiger partial charge in [-0.2, -0.15) is 15.4 Å². The van der Waals surface area contributed by atoms with E-state index in [0.29, 0.717) is 41.6 Å². The maximum absolute atomic E-state index is 12.4. The van der Waals surface area contributed by atoms with E-state index in [-0.39, 0.29) is 5.91 Å². The Labute approximate surface area is 199 Å². The fraction of sp³-hybridized carbons (Fsp3) is 0.375. The monoisotopic (exact) mass is 468 g/mol. The Kier molecular flexibility index (Phi) is 8.83. The molecule has 3 aromatic rings. The summed E-state index contributed by atoms with van der Waals surface area (Å²) < 4.78 is 16.4. The molecule has 0 saturated carbocycles. The Morgan fingerprint density at radius 3 is 2.21 bits per heavy atom. The molecule has 34 heavy (non-hydrogen) atoms. The third kappa shape index (κ3) is 5.83. The van der Waals surface area contributed by atoms with Gasteiger partial charge in [0, 0.05) is 42.9 Å². The number of H-pyrrole nitrogens is 1. The van der Waals surface area contributed by atoms with Gasteiger partial charge in [0.25, 0.3) is 0 Å². The lowest BCUT2D eigenvalue weighted by molar-refractivity contribution is -0.116. The minimum Gasteiger partial charge on any atom is -0.493 e. The van der Waals surface area contributed by atoms with Gasteiger partial charge in [0.1, 0.15) is 11.4 Å². The number of nitrogens with zero attached hydrogens (tertiary/aromatic N) is 2. The van der Waals surface area contributed by atoms with E-state index in [4.69, 9.17) is 14.2 Å². The van der Waals surface area contributed by atoms with Gasteiger partial charge in [0.05, 0.1) is 21.3 Å². The Morgan fingerprint density at radius 2 is 1.59 bits per heavy atom. The molecule has 0 unspecified atom stereocenters. The van der Waals surface area contributed by atoms with Crippen LogP contribution in [0.1, 0.15) is 12.0 Å². The van der Waals surface area contributed by atoms with Crippen molar-refractivity contribution in [1.82, 2.24) is 26.0 Å². The number of hydrogen-bond donors (Lipinski definition) is 4. The SMILES string of the molecule is CNCCNCCC(=O)Nc1cc(-c2n[nH]nc2-c2cc(OC)c(OC)c(OC)c2)ccc1C. The molecule has 1 aromatic heterocycles. The topological polar surface area (TPSA) is 122 Å². The maximum atomic E-state index is 12.4. The molecule has 0 aliphatic carbocycles. The first-order valence-corrected chi connectivity index (χ1v) is 11.0. The van der Waals surface area contributed by atoms with E-state index >= 15 is 0 Å². The van der Waals surface area contributed by atoms with Crippen LogP contribution in [0, 0.1) is 6.92 Å². The van der Waals surface area contributed by atoms with Crippen molar-refractivity contribution in [2.24, 2.45) is 0 Å². The second-order valence-corrected chi connectivity index (χ2v) is 7.62. The summed E-state index contributed by atoms with van der Waals surface area (Å²) in [7, 11) is 6.58. The fourth-order valence-electron chi connectivity index (χ4n) is 3.51. The molecule has 0 aliphatic rings. The largest absolute Gasteiger partial charge is 0.493 e. The summed E-state index contributed by atoms with van der Waals surface area (Å²) in [5.41, 5.74) is 4.50. The van der Waals surface area contributed by atoms with Crippen molar-refractivity contribution in [3.8, 4) is 39.8 Å². The number of carbonyl (C=O) groups excluding carboxylic acids is 1. The Bertz CT molecular complexity index is 1090. The molecule has 10 heteroatoms.